The van der Waals surface area contributed by atoms with Gasteiger partial charge >= 0.3 is 0 Å². The van der Waals surface area contributed by atoms with Crippen molar-refractivity contribution >= 4 is 37.6 Å². The fourth-order valence-corrected chi connectivity index (χ4v) is 5.09. The van der Waals surface area contributed by atoms with E-state index in [1.807, 2.05) is 12.1 Å². The predicted molar refractivity (Wildman–Crippen MR) is 121 cm³/mol. The van der Waals surface area contributed by atoms with E-state index in [9.17, 15) is 4.79 Å². The minimum Gasteiger partial charge on any atom is -0.294 e. The quantitative estimate of drug-likeness (QED) is 0.367. The zero-order chi connectivity index (χ0) is 19.8. The van der Waals surface area contributed by atoms with Gasteiger partial charge in [-0.2, -0.15) is 0 Å². The van der Waals surface area contributed by atoms with Crippen LogP contribution in [0.5, 0.6) is 0 Å². The molecule has 0 aliphatic heterocycles. The van der Waals surface area contributed by atoms with E-state index in [1.165, 1.54) is 34.9 Å². The third kappa shape index (κ3) is 4.56. The summed E-state index contributed by atoms with van der Waals surface area (Å²) in [5.41, 5.74) is 5.69. The molecule has 0 aromatic heterocycles. The van der Waals surface area contributed by atoms with Gasteiger partial charge in [0.15, 0.2) is 5.78 Å². The summed E-state index contributed by atoms with van der Waals surface area (Å²) in [6.07, 6.45) is 5.53. The monoisotopic (exact) mass is 490 g/mol. The first-order valence-electron chi connectivity index (χ1n) is 9.72. The number of aryl methyl sites for hydroxylation is 1. The number of rotatable bonds is 0. The molecule has 4 rings (SSSR count). The van der Waals surface area contributed by atoms with Crippen molar-refractivity contribution in [3.63, 3.8) is 0 Å². The van der Waals surface area contributed by atoms with Crippen LogP contribution in [-0.2, 0) is 17.3 Å². The fraction of sp³-hybridized carbons (Fsp3) is 0.458. The van der Waals surface area contributed by atoms with Gasteiger partial charge in [0.2, 0.25) is 0 Å². The highest BCUT2D eigenvalue weighted by atomic mass is 79.9. The summed E-state index contributed by atoms with van der Waals surface area (Å²) in [6, 6.07) is 12.7. The number of ketones is 1. The fourth-order valence-electron chi connectivity index (χ4n) is 4.32. The molecule has 144 valence electrons. The number of hydrogen-bond acceptors (Lipinski definition) is 1. The van der Waals surface area contributed by atoms with E-state index in [2.05, 4.69) is 83.8 Å². The Morgan fingerprint density at radius 3 is 2.07 bits per heavy atom. The third-order valence-corrected chi connectivity index (χ3v) is 7.02. The van der Waals surface area contributed by atoms with E-state index in [1.54, 1.807) is 5.56 Å². The van der Waals surface area contributed by atoms with Crippen molar-refractivity contribution in [3.05, 3.63) is 67.6 Å². The van der Waals surface area contributed by atoms with Crippen molar-refractivity contribution in [2.24, 2.45) is 0 Å². The van der Waals surface area contributed by atoms with E-state index in [0.717, 1.165) is 16.5 Å². The summed E-state index contributed by atoms with van der Waals surface area (Å²) < 4.78 is 2.20. The molecular weight excluding hydrogens is 464 g/mol. The van der Waals surface area contributed by atoms with Crippen LogP contribution in [0.1, 0.15) is 80.4 Å². The zero-order valence-electron chi connectivity index (χ0n) is 16.7. The highest BCUT2D eigenvalue weighted by Crippen LogP contribution is 2.38. The van der Waals surface area contributed by atoms with Gasteiger partial charge in [-0.3, -0.25) is 4.79 Å². The van der Waals surface area contributed by atoms with Gasteiger partial charge in [-0.05, 0) is 77.5 Å². The van der Waals surface area contributed by atoms with E-state index >= 15 is 0 Å². The number of carbonyl (C=O) groups excluding carboxylic acids is 1. The lowest BCUT2D eigenvalue weighted by Gasteiger charge is -2.32. The molecule has 0 atom stereocenters. The molecule has 0 saturated carbocycles. The highest BCUT2D eigenvalue weighted by Gasteiger charge is 2.31. The molecule has 0 N–H and O–H groups in total. The van der Waals surface area contributed by atoms with Crippen molar-refractivity contribution in [2.45, 2.75) is 70.6 Å². The van der Waals surface area contributed by atoms with Crippen molar-refractivity contribution in [1.82, 2.24) is 0 Å². The molecule has 0 spiro atoms. The van der Waals surface area contributed by atoms with Crippen LogP contribution in [0.25, 0.3) is 0 Å². The van der Waals surface area contributed by atoms with Crippen molar-refractivity contribution in [2.75, 3.05) is 0 Å². The Balaban J connectivity index is 0.000000156. The highest BCUT2D eigenvalue weighted by molar-refractivity contribution is 9.10. The van der Waals surface area contributed by atoms with E-state index in [-0.39, 0.29) is 11.2 Å². The van der Waals surface area contributed by atoms with E-state index in [4.69, 9.17) is 0 Å². The molecular formula is C24H28Br2O. The molecule has 2 aromatic rings. The molecule has 0 radical (unpaired) electrons. The standard InChI is InChI=1S/C12H13BrO.C12H15Br/c1-12(2)6-5-11(14)9-7-8(13)3-4-10(9)12;1-12(2)7-3-4-9-8-10(13)5-6-11(9)12/h3-4,7H,5-6H2,1-2H3;5-6,8H,3-4,7H2,1-2H3. The Morgan fingerprint density at radius 2 is 1.37 bits per heavy atom. The van der Waals surface area contributed by atoms with Crippen LogP contribution in [0.3, 0.4) is 0 Å². The number of fused-ring (bicyclic) bond motifs is 2. The molecule has 2 aliphatic rings. The molecule has 0 saturated heterocycles. The van der Waals surface area contributed by atoms with Gasteiger partial charge in [-0.25, -0.2) is 0 Å². The SMILES string of the molecule is CC1(C)CCC(=O)c2cc(Br)ccc21.CC1(C)CCCc2cc(Br)ccc21. The maximum atomic E-state index is 11.7. The first-order valence-corrected chi connectivity index (χ1v) is 11.3. The Labute approximate surface area is 180 Å². The van der Waals surface area contributed by atoms with Gasteiger partial charge < -0.3 is 0 Å². The molecule has 2 aromatic carbocycles. The van der Waals surface area contributed by atoms with Crippen LogP contribution in [0.2, 0.25) is 0 Å². The molecule has 3 heteroatoms. The number of carbonyl (C=O) groups is 1. The molecule has 2 aliphatic carbocycles. The van der Waals surface area contributed by atoms with Gasteiger partial charge in [-0.1, -0.05) is 71.7 Å². The molecule has 0 amide bonds. The Kier molecular flexibility index (Phi) is 6.03. The predicted octanol–water partition coefficient (Wildman–Crippen LogP) is 7.77. The smallest absolute Gasteiger partial charge is 0.163 e. The van der Waals surface area contributed by atoms with Crippen LogP contribution in [-0.4, -0.2) is 5.78 Å². The minimum absolute atomic E-state index is 0.143. The lowest BCUT2D eigenvalue weighted by Crippen LogP contribution is -2.27. The number of benzene rings is 2. The first-order chi connectivity index (χ1) is 12.6. The molecule has 0 fully saturated rings. The van der Waals surface area contributed by atoms with Crippen LogP contribution < -0.4 is 0 Å². The molecule has 1 nitrogen and oxygen atoms in total. The molecule has 0 unspecified atom stereocenters. The van der Waals surface area contributed by atoms with Gasteiger partial charge in [-0.15, -0.1) is 0 Å². The largest absolute Gasteiger partial charge is 0.294 e. The third-order valence-electron chi connectivity index (χ3n) is 6.03. The van der Waals surface area contributed by atoms with Gasteiger partial charge in [0.05, 0.1) is 0 Å². The summed E-state index contributed by atoms with van der Waals surface area (Å²) in [7, 11) is 0. The van der Waals surface area contributed by atoms with Crippen molar-refractivity contribution in [3.8, 4) is 0 Å². The lowest BCUT2D eigenvalue weighted by atomic mass is 9.72. The normalized spacial score (nSPS) is 19.4. The Hall–Kier alpha value is -0.930. The second-order valence-corrected chi connectivity index (χ2v) is 10.9. The maximum Gasteiger partial charge on any atom is 0.163 e. The van der Waals surface area contributed by atoms with Crippen LogP contribution in [0.4, 0.5) is 0 Å². The maximum absolute atomic E-state index is 11.7. The van der Waals surface area contributed by atoms with Crippen molar-refractivity contribution < 1.29 is 4.79 Å². The van der Waals surface area contributed by atoms with E-state index < -0.39 is 0 Å². The minimum atomic E-state index is 0.143. The Bertz CT molecular complexity index is 865. The summed E-state index contributed by atoms with van der Waals surface area (Å²) in [5, 5.41) is 0. The average Bonchev–Trinajstić information content (AvgIpc) is 2.58. The molecule has 0 bridgehead atoms. The van der Waals surface area contributed by atoms with Crippen molar-refractivity contribution in [1.29, 1.82) is 0 Å². The topological polar surface area (TPSA) is 17.1 Å². The van der Waals surface area contributed by atoms with Crippen LogP contribution >= 0.6 is 31.9 Å². The first kappa shape index (κ1) is 20.8. The second kappa shape index (κ2) is 7.83. The second-order valence-electron chi connectivity index (χ2n) is 9.04. The number of halogens is 2. The molecule has 0 heterocycles. The van der Waals surface area contributed by atoms with Gasteiger partial charge in [0.25, 0.3) is 0 Å². The zero-order valence-corrected chi connectivity index (χ0v) is 19.8. The lowest BCUT2D eigenvalue weighted by molar-refractivity contribution is 0.0956. The number of hydrogen-bond donors (Lipinski definition) is 0. The summed E-state index contributed by atoms with van der Waals surface area (Å²) in [4.78, 5) is 11.7. The van der Waals surface area contributed by atoms with Gasteiger partial charge in [0, 0.05) is 20.9 Å². The summed E-state index contributed by atoms with van der Waals surface area (Å²) in [5.74, 6) is 0.278. The molecule has 27 heavy (non-hydrogen) atoms. The van der Waals surface area contributed by atoms with Gasteiger partial charge in [0.1, 0.15) is 0 Å². The van der Waals surface area contributed by atoms with Crippen LogP contribution in [0.15, 0.2) is 45.3 Å². The summed E-state index contributed by atoms with van der Waals surface area (Å²) in [6.45, 7) is 9.09. The van der Waals surface area contributed by atoms with Crippen LogP contribution in [0, 0.1) is 0 Å². The Morgan fingerprint density at radius 1 is 0.778 bits per heavy atom. The summed E-state index contributed by atoms with van der Waals surface area (Å²) >= 11 is 6.93. The average molecular weight is 492 g/mol. The van der Waals surface area contributed by atoms with E-state index in [0.29, 0.717) is 11.8 Å². The number of Topliss-reactive ketones (excluding diaryl/α,β-unsaturated/α-hetero) is 1.